The number of aromatic nitrogens is 6. The number of fused-ring (bicyclic) bond motifs is 1. The normalized spacial score (nSPS) is 11.8. The van der Waals surface area contributed by atoms with Crippen molar-refractivity contribution >= 4 is 28.6 Å². The summed E-state index contributed by atoms with van der Waals surface area (Å²) in [5.41, 5.74) is -0.758. The first-order valence-corrected chi connectivity index (χ1v) is 10.4. The Labute approximate surface area is 196 Å². The van der Waals surface area contributed by atoms with Crippen LogP contribution in [0.5, 0.6) is 0 Å². The third-order valence-corrected chi connectivity index (χ3v) is 5.61. The van der Waals surface area contributed by atoms with E-state index in [9.17, 15) is 18.0 Å². The molecule has 176 valence electrons. The standard InChI is InChI=1S/C22H18ClF3N6O2/c1-10-14(25)8-12-16(19-28-18(23)17(29-30-19)22(2,3)21(33)34-4)31-32(20(12)27-10)9-11-6-5-7-13(24)15(11)26/h5-8H,9H2,1-4H3. The number of halogens is 4. The van der Waals surface area contributed by atoms with Gasteiger partial charge in [-0.1, -0.05) is 23.7 Å². The molecule has 0 saturated carbocycles. The lowest BCUT2D eigenvalue weighted by atomic mass is 9.90. The molecule has 0 N–H and O–H groups in total. The number of nitrogens with zero attached hydrogens (tertiary/aromatic N) is 6. The number of esters is 1. The molecule has 0 amide bonds. The van der Waals surface area contributed by atoms with Gasteiger partial charge in [0.25, 0.3) is 0 Å². The maximum Gasteiger partial charge on any atom is 0.317 e. The fraction of sp³-hybridized carbons (Fsp3) is 0.273. The topological polar surface area (TPSA) is 95.7 Å². The molecule has 1 aromatic carbocycles. The Balaban J connectivity index is 1.87. The highest BCUT2D eigenvalue weighted by atomic mass is 35.5. The highest BCUT2D eigenvalue weighted by molar-refractivity contribution is 6.30. The Bertz CT molecular complexity index is 1440. The van der Waals surface area contributed by atoms with E-state index in [1.165, 1.54) is 36.9 Å². The van der Waals surface area contributed by atoms with Gasteiger partial charge in [-0.15, -0.1) is 10.2 Å². The third kappa shape index (κ3) is 3.96. The van der Waals surface area contributed by atoms with Gasteiger partial charge in [0, 0.05) is 5.56 Å². The van der Waals surface area contributed by atoms with Crippen LogP contribution in [0.3, 0.4) is 0 Å². The molecule has 0 bridgehead atoms. The molecule has 8 nitrogen and oxygen atoms in total. The van der Waals surface area contributed by atoms with Crippen LogP contribution in [0.1, 0.15) is 30.8 Å². The number of carbonyl (C=O) groups excluding carboxylic acids is 1. The molecule has 0 saturated heterocycles. The molecule has 0 spiro atoms. The van der Waals surface area contributed by atoms with E-state index in [1.807, 2.05) is 0 Å². The third-order valence-electron chi connectivity index (χ3n) is 5.35. The number of ether oxygens (including phenoxy) is 1. The van der Waals surface area contributed by atoms with Crippen molar-refractivity contribution in [2.75, 3.05) is 7.11 Å². The summed E-state index contributed by atoms with van der Waals surface area (Å²) < 4.78 is 48.4. The number of hydrogen-bond donors (Lipinski definition) is 0. The van der Waals surface area contributed by atoms with E-state index in [1.54, 1.807) is 13.8 Å². The van der Waals surface area contributed by atoms with Crippen LogP contribution in [-0.4, -0.2) is 43.0 Å². The molecule has 34 heavy (non-hydrogen) atoms. The molecule has 0 unspecified atom stereocenters. The summed E-state index contributed by atoms with van der Waals surface area (Å²) >= 11 is 6.31. The predicted octanol–water partition coefficient (Wildman–Crippen LogP) is 4.16. The second-order valence-electron chi connectivity index (χ2n) is 8.04. The Hall–Kier alpha value is -3.60. The van der Waals surface area contributed by atoms with Gasteiger partial charge in [0.1, 0.15) is 22.6 Å². The van der Waals surface area contributed by atoms with Gasteiger partial charge in [-0.2, -0.15) is 5.10 Å². The number of rotatable bonds is 5. The highest BCUT2D eigenvalue weighted by Crippen LogP contribution is 2.31. The van der Waals surface area contributed by atoms with Crippen molar-refractivity contribution in [3.63, 3.8) is 0 Å². The second kappa shape index (κ2) is 8.64. The van der Waals surface area contributed by atoms with Crippen LogP contribution in [0.4, 0.5) is 13.2 Å². The maximum atomic E-state index is 14.4. The van der Waals surface area contributed by atoms with Crippen molar-refractivity contribution in [2.24, 2.45) is 0 Å². The van der Waals surface area contributed by atoms with Crippen molar-refractivity contribution in [1.29, 1.82) is 0 Å². The van der Waals surface area contributed by atoms with Gasteiger partial charge in [0.05, 0.1) is 24.7 Å². The number of pyridine rings is 1. The van der Waals surface area contributed by atoms with Crippen LogP contribution < -0.4 is 0 Å². The molecule has 3 heterocycles. The van der Waals surface area contributed by atoms with Gasteiger partial charge in [-0.3, -0.25) is 4.79 Å². The van der Waals surface area contributed by atoms with Gasteiger partial charge in [0.2, 0.25) is 5.82 Å². The fourth-order valence-electron chi connectivity index (χ4n) is 3.41. The van der Waals surface area contributed by atoms with Crippen LogP contribution >= 0.6 is 11.6 Å². The van der Waals surface area contributed by atoms with Crippen LogP contribution in [0.25, 0.3) is 22.6 Å². The van der Waals surface area contributed by atoms with Crippen LogP contribution in [-0.2, 0) is 21.5 Å². The summed E-state index contributed by atoms with van der Waals surface area (Å²) in [4.78, 5) is 20.5. The molecule has 4 aromatic rings. The van der Waals surface area contributed by atoms with Crippen LogP contribution in [0, 0.1) is 24.4 Å². The highest BCUT2D eigenvalue weighted by Gasteiger charge is 2.36. The molecule has 0 atom stereocenters. The van der Waals surface area contributed by atoms with E-state index >= 15 is 0 Å². The number of benzene rings is 1. The van der Waals surface area contributed by atoms with Gasteiger partial charge in [0.15, 0.2) is 22.4 Å². The molecule has 12 heteroatoms. The Morgan fingerprint density at radius 2 is 1.88 bits per heavy atom. The summed E-state index contributed by atoms with van der Waals surface area (Å²) in [7, 11) is 1.23. The number of hydrogen-bond acceptors (Lipinski definition) is 7. The molecular formula is C22H18ClF3N6O2. The van der Waals surface area contributed by atoms with E-state index in [-0.39, 0.29) is 51.2 Å². The molecule has 4 rings (SSSR count). The molecule has 0 aliphatic carbocycles. The minimum Gasteiger partial charge on any atom is -0.468 e. The SMILES string of the molecule is COC(=O)C(C)(C)c1nnc(-c2nn(Cc3cccc(F)c3F)c3nc(C)c(F)cc23)nc1Cl. The summed E-state index contributed by atoms with van der Waals surface area (Å²) in [5.74, 6) is -3.29. The smallest absolute Gasteiger partial charge is 0.317 e. The molecular weight excluding hydrogens is 473 g/mol. The average molecular weight is 491 g/mol. The zero-order valence-corrected chi connectivity index (χ0v) is 19.3. The van der Waals surface area contributed by atoms with Crippen molar-refractivity contribution in [2.45, 2.75) is 32.7 Å². The zero-order chi connectivity index (χ0) is 24.8. The van der Waals surface area contributed by atoms with Crippen molar-refractivity contribution < 1.29 is 22.7 Å². The fourth-order valence-corrected chi connectivity index (χ4v) is 3.76. The lowest BCUT2D eigenvalue weighted by molar-refractivity contribution is -0.146. The summed E-state index contributed by atoms with van der Waals surface area (Å²) in [5, 5.41) is 12.5. The average Bonchev–Trinajstić information content (AvgIpc) is 3.13. The number of carbonyl (C=O) groups is 1. The van der Waals surface area contributed by atoms with E-state index in [2.05, 4.69) is 25.3 Å². The van der Waals surface area contributed by atoms with Crippen molar-refractivity contribution in [3.05, 3.63) is 63.8 Å². The molecule has 0 aliphatic rings. The van der Waals surface area contributed by atoms with Crippen LogP contribution in [0.2, 0.25) is 5.15 Å². The predicted molar refractivity (Wildman–Crippen MR) is 117 cm³/mol. The van der Waals surface area contributed by atoms with Gasteiger partial charge < -0.3 is 4.74 Å². The maximum absolute atomic E-state index is 14.4. The van der Waals surface area contributed by atoms with Crippen molar-refractivity contribution in [3.8, 4) is 11.5 Å². The Morgan fingerprint density at radius 1 is 1.15 bits per heavy atom. The van der Waals surface area contributed by atoms with Gasteiger partial charge in [-0.05, 0) is 32.9 Å². The molecule has 3 aromatic heterocycles. The lowest BCUT2D eigenvalue weighted by Gasteiger charge is -2.20. The zero-order valence-electron chi connectivity index (χ0n) is 18.5. The summed E-state index contributed by atoms with van der Waals surface area (Å²) in [6, 6.07) is 4.97. The first-order valence-electron chi connectivity index (χ1n) is 10.0. The first kappa shape index (κ1) is 23.6. The number of aryl methyl sites for hydroxylation is 1. The monoisotopic (exact) mass is 490 g/mol. The quantitative estimate of drug-likeness (QED) is 0.387. The minimum atomic E-state index is -1.23. The second-order valence-corrected chi connectivity index (χ2v) is 8.40. The van der Waals surface area contributed by atoms with E-state index in [0.29, 0.717) is 0 Å². The largest absolute Gasteiger partial charge is 0.468 e. The Morgan fingerprint density at radius 3 is 2.56 bits per heavy atom. The summed E-state index contributed by atoms with van der Waals surface area (Å²) in [6.07, 6.45) is 0. The first-order chi connectivity index (χ1) is 16.0. The Kier molecular flexibility index (Phi) is 5.98. The van der Waals surface area contributed by atoms with Gasteiger partial charge in [-0.25, -0.2) is 27.8 Å². The number of methoxy groups -OCH3 is 1. The molecule has 0 aliphatic heterocycles. The van der Waals surface area contributed by atoms with Gasteiger partial charge >= 0.3 is 5.97 Å². The molecule has 0 fully saturated rings. The van der Waals surface area contributed by atoms with E-state index in [4.69, 9.17) is 16.3 Å². The van der Waals surface area contributed by atoms with E-state index < -0.39 is 28.8 Å². The minimum absolute atomic E-state index is 0.0204. The summed E-state index contributed by atoms with van der Waals surface area (Å²) in [6.45, 7) is 4.38. The van der Waals surface area contributed by atoms with Crippen LogP contribution in [0.15, 0.2) is 24.3 Å². The van der Waals surface area contributed by atoms with Crippen molar-refractivity contribution in [1.82, 2.24) is 29.9 Å². The van der Waals surface area contributed by atoms with E-state index in [0.717, 1.165) is 6.07 Å². The lowest BCUT2D eigenvalue weighted by Crippen LogP contribution is -2.32. The molecule has 0 radical (unpaired) electrons.